The fourth-order valence-electron chi connectivity index (χ4n) is 1.55. The van der Waals surface area contributed by atoms with Crippen molar-refractivity contribution in [3.8, 4) is 11.5 Å². The molecule has 2 N–H and O–H groups in total. The van der Waals surface area contributed by atoms with E-state index >= 15 is 0 Å². The van der Waals surface area contributed by atoms with Crippen LogP contribution in [0.4, 0.5) is 5.69 Å². The summed E-state index contributed by atoms with van der Waals surface area (Å²) in [6.45, 7) is 0. The summed E-state index contributed by atoms with van der Waals surface area (Å²) in [4.78, 5) is 0.104. The van der Waals surface area contributed by atoms with E-state index in [0.717, 1.165) is 6.26 Å². The van der Waals surface area contributed by atoms with Crippen LogP contribution in [-0.2, 0) is 9.84 Å². The van der Waals surface area contributed by atoms with Gasteiger partial charge in [0.25, 0.3) is 0 Å². The van der Waals surface area contributed by atoms with Gasteiger partial charge in [-0.2, -0.15) is 0 Å². The van der Waals surface area contributed by atoms with Crippen LogP contribution >= 0.6 is 34.8 Å². The van der Waals surface area contributed by atoms with Crippen LogP contribution in [0.1, 0.15) is 0 Å². The topological polar surface area (TPSA) is 69.4 Å². The molecule has 0 bridgehead atoms. The van der Waals surface area contributed by atoms with E-state index in [2.05, 4.69) is 0 Å². The molecule has 0 aliphatic heterocycles. The van der Waals surface area contributed by atoms with Gasteiger partial charge in [-0.3, -0.25) is 0 Å². The fraction of sp³-hybridized carbons (Fsp3) is 0.0769. The zero-order valence-corrected chi connectivity index (χ0v) is 13.8. The molecule has 8 heteroatoms. The Hall–Kier alpha value is -1.14. The van der Waals surface area contributed by atoms with Gasteiger partial charge in [-0.1, -0.05) is 34.8 Å². The first-order chi connectivity index (χ1) is 9.68. The van der Waals surface area contributed by atoms with Crippen molar-refractivity contribution in [1.82, 2.24) is 0 Å². The molecule has 0 unspecified atom stereocenters. The summed E-state index contributed by atoms with van der Waals surface area (Å²) in [5.74, 6) is 0.535. The minimum absolute atomic E-state index is 0.104. The number of hydrogen-bond donors (Lipinski definition) is 1. The quantitative estimate of drug-likeness (QED) is 0.644. The molecule has 0 aliphatic rings. The average Bonchev–Trinajstić information content (AvgIpc) is 2.36. The van der Waals surface area contributed by atoms with Gasteiger partial charge in [-0.25, -0.2) is 8.42 Å². The second-order valence-electron chi connectivity index (χ2n) is 4.27. The number of halogens is 3. The molecule has 0 spiro atoms. The normalized spacial score (nSPS) is 11.4. The monoisotopic (exact) mass is 365 g/mol. The minimum atomic E-state index is -3.34. The van der Waals surface area contributed by atoms with Crippen LogP contribution in [0.5, 0.6) is 11.5 Å². The van der Waals surface area contributed by atoms with E-state index in [1.807, 2.05) is 0 Å². The predicted molar refractivity (Wildman–Crippen MR) is 85.5 cm³/mol. The molecule has 0 amide bonds. The lowest BCUT2D eigenvalue weighted by atomic mass is 10.3. The van der Waals surface area contributed by atoms with E-state index in [1.165, 1.54) is 30.3 Å². The maximum atomic E-state index is 11.4. The number of hydrogen-bond acceptors (Lipinski definition) is 4. The van der Waals surface area contributed by atoms with Crippen molar-refractivity contribution >= 4 is 50.3 Å². The Labute approximate surface area is 137 Å². The summed E-state index contributed by atoms with van der Waals surface area (Å²) >= 11 is 17.7. The van der Waals surface area contributed by atoms with Crippen LogP contribution in [0, 0.1) is 0 Å². The van der Waals surface area contributed by atoms with Gasteiger partial charge in [0.05, 0.1) is 25.7 Å². The Morgan fingerprint density at radius 3 is 2.14 bits per heavy atom. The summed E-state index contributed by atoms with van der Waals surface area (Å²) in [6, 6.07) is 7.06. The fourth-order valence-corrected chi connectivity index (χ4v) is 2.78. The molecular weight excluding hydrogens is 357 g/mol. The van der Waals surface area contributed by atoms with Crippen molar-refractivity contribution in [2.24, 2.45) is 0 Å². The van der Waals surface area contributed by atoms with Crippen LogP contribution in [0.15, 0.2) is 35.2 Å². The van der Waals surface area contributed by atoms with Gasteiger partial charge in [0.1, 0.15) is 11.5 Å². The number of nitrogens with two attached hydrogens (primary N) is 1. The second kappa shape index (κ2) is 5.93. The Morgan fingerprint density at radius 1 is 0.952 bits per heavy atom. The van der Waals surface area contributed by atoms with E-state index < -0.39 is 9.84 Å². The smallest absolute Gasteiger partial charge is 0.175 e. The highest BCUT2D eigenvalue weighted by molar-refractivity contribution is 7.90. The van der Waals surface area contributed by atoms with Crippen molar-refractivity contribution in [1.29, 1.82) is 0 Å². The molecule has 21 heavy (non-hydrogen) atoms. The van der Waals surface area contributed by atoms with E-state index in [0.29, 0.717) is 5.02 Å². The van der Waals surface area contributed by atoms with Gasteiger partial charge in [-0.15, -0.1) is 0 Å². The van der Waals surface area contributed by atoms with Crippen molar-refractivity contribution < 1.29 is 13.2 Å². The number of benzene rings is 2. The number of nitrogen functional groups attached to an aromatic ring is 1. The third kappa shape index (κ3) is 3.74. The average molecular weight is 367 g/mol. The van der Waals surface area contributed by atoms with Crippen molar-refractivity contribution in [2.45, 2.75) is 4.90 Å². The van der Waals surface area contributed by atoms with Crippen LogP contribution in [-0.4, -0.2) is 14.7 Å². The lowest BCUT2D eigenvalue weighted by Gasteiger charge is -2.11. The lowest BCUT2D eigenvalue weighted by Crippen LogP contribution is -2.00. The van der Waals surface area contributed by atoms with Gasteiger partial charge in [-0.05, 0) is 24.3 Å². The Bertz CT molecular complexity index is 807. The molecule has 4 nitrogen and oxygen atoms in total. The molecule has 112 valence electrons. The number of sulfone groups is 1. The zero-order valence-electron chi connectivity index (χ0n) is 10.7. The van der Waals surface area contributed by atoms with Gasteiger partial charge < -0.3 is 10.5 Å². The van der Waals surface area contributed by atoms with Crippen molar-refractivity contribution in [2.75, 3.05) is 12.0 Å². The van der Waals surface area contributed by atoms with E-state index in [-0.39, 0.29) is 32.1 Å². The van der Waals surface area contributed by atoms with E-state index in [1.54, 1.807) is 0 Å². The molecule has 2 aromatic rings. The van der Waals surface area contributed by atoms with Crippen LogP contribution in [0.25, 0.3) is 0 Å². The molecule has 0 aromatic heterocycles. The highest BCUT2D eigenvalue weighted by atomic mass is 35.5. The third-order valence-electron chi connectivity index (χ3n) is 2.60. The summed E-state index contributed by atoms with van der Waals surface area (Å²) in [6.07, 6.45) is 1.10. The first kappa shape index (κ1) is 16.2. The molecule has 0 atom stereocenters. The molecule has 0 saturated heterocycles. The van der Waals surface area contributed by atoms with Gasteiger partial charge >= 0.3 is 0 Å². The van der Waals surface area contributed by atoms with Gasteiger partial charge in [0, 0.05) is 12.3 Å². The highest BCUT2D eigenvalue weighted by Gasteiger charge is 2.13. The summed E-state index contributed by atoms with van der Waals surface area (Å²) in [5.41, 5.74) is 5.96. The molecule has 0 saturated carbocycles. The highest BCUT2D eigenvalue weighted by Crippen LogP contribution is 2.38. The van der Waals surface area contributed by atoms with Gasteiger partial charge in [0.15, 0.2) is 9.84 Å². The summed E-state index contributed by atoms with van der Waals surface area (Å²) in [5, 5.41) is 0.841. The number of anilines is 1. The number of rotatable bonds is 3. The molecule has 2 aromatic carbocycles. The Kier molecular flexibility index (Phi) is 4.58. The summed E-state index contributed by atoms with van der Waals surface area (Å²) in [7, 11) is -3.34. The van der Waals surface area contributed by atoms with Crippen LogP contribution in [0.3, 0.4) is 0 Å². The third-order valence-corrected chi connectivity index (χ3v) is 4.73. The first-order valence-electron chi connectivity index (χ1n) is 5.60. The SMILES string of the molecule is CS(=O)(=O)c1ccc(Oc2cc(Cl)c(Cl)cc2Cl)c(N)c1. The second-order valence-corrected chi connectivity index (χ2v) is 7.51. The maximum Gasteiger partial charge on any atom is 0.175 e. The molecule has 0 heterocycles. The minimum Gasteiger partial charge on any atom is -0.454 e. The Morgan fingerprint density at radius 2 is 1.57 bits per heavy atom. The van der Waals surface area contributed by atoms with Crippen molar-refractivity contribution in [3.63, 3.8) is 0 Å². The lowest BCUT2D eigenvalue weighted by molar-refractivity contribution is 0.485. The molecule has 0 radical (unpaired) electrons. The molecule has 0 fully saturated rings. The molecule has 0 aliphatic carbocycles. The largest absolute Gasteiger partial charge is 0.454 e. The Balaban J connectivity index is 2.39. The maximum absolute atomic E-state index is 11.4. The van der Waals surface area contributed by atoms with Crippen LogP contribution in [0.2, 0.25) is 15.1 Å². The molecular formula is C13H10Cl3NO3S. The van der Waals surface area contributed by atoms with Crippen LogP contribution < -0.4 is 10.5 Å². The standard InChI is InChI=1S/C13H10Cl3NO3S/c1-21(18,19)7-2-3-12(11(17)4-7)20-13-6-9(15)8(14)5-10(13)16/h2-6H,17H2,1H3. The van der Waals surface area contributed by atoms with Crippen molar-refractivity contribution in [3.05, 3.63) is 45.4 Å². The van der Waals surface area contributed by atoms with E-state index in [9.17, 15) is 8.42 Å². The first-order valence-corrected chi connectivity index (χ1v) is 8.63. The van der Waals surface area contributed by atoms with Gasteiger partial charge in [0.2, 0.25) is 0 Å². The number of ether oxygens (including phenoxy) is 1. The predicted octanol–water partition coefficient (Wildman–Crippen LogP) is 4.42. The molecule has 2 rings (SSSR count). The van der Waals surface area contributed by atoms with E-state index in [4.69, 9.17) is 45.3 Å². The zero-order chi connectivity index (χ0) is 15.8. The summed E-state index contributed by atoms with van der Waals surface area (Å²) < 4.78 is 28.4.